The fourth-order valence-electron chi connectivity index (χ4n) is 1.61. The zero-order chi connectivity index (χ0) is 10.3. The fraction of sp³-hybridized carbons (Fsp3) is 1.00. The van der Waals surface area contributed by atoms with Gasteiger partial charge in [0.25, 0.3) is 0 Å². The van der Waals surface area contributed by atoms with Crippen LogP contribution in [-0.2, 0) is 0 Å². The molecule has 0 bridgehead atoms. The summed E-state index contributed by atoms with van der Waals surface area (Å²) in [6.45, 7) is 9.10. The van der Waals surface area contributed by atoms with E-state index < -0.39 is 0 Å². The molecule has 80 valence electrons. The molecule has 0 aliphatic carbocycles. The van der Waals surface area contributed by atoms with Crippen LogP contribution in [0.3, 0.4) is 0 Å². The summed E-state index contributed by atoms with van der Waals surface area (Å²) in [5, 5.41) is 3.56. The van der Waals surface area contributed by atoms with E-state index in [1.807, 2.05) is 0 Å². The lowest BCUT2D eigenvalue weighted by Gasteiger charge is -2.20. The second-order valence-electron chi connectivity index (χ2n) is 4.47. The van der Waals surface area contributed by atoms with Gasteiger partial charge in [-0.3, -0.25) is 0 Å². The molecule has 0 aliphatic heterocycles. The molecule has 13 heavy (non-hydrogen) atoms. The number of hydrogen-bond donors (Lipinski definition) is 1. The van der Waals surface area contributed by atoms with E-state index in [0.717, 1.165) is 19.0 Å². The predicted octanol–water partition coefficient (Wildman–Crippen LogP) is 1.96. The number of likely N-dealkylation sites (N-methyl/N-ethyl adjacent to an activating group) is 1. The Hall–Kier alpha value is -0.0800. The van der Waals surface area contributed by atoms with Gasteiger partial charge in [-0.05, 0) is 39.9 Å². The Morgan fingerprint density at radius 2 is 1.85 bits per heavy atom. The van der Waals surface area contributed by atoms with Crippen molar-refractivity contribution in [1.82, 2.24) is 10.2 Å². The molecular formula is C11H26N2. The van der Waals surface area contributed by atoms with Gasteiger partial charge in [-0.25, -0.2) is 0 Å². The summed E-state index contributed by atoms with van der Waals surface area (Å²) in [5.74, 6) is 0.814. The lowest BCUT2D eigenvalue weighted by Crippen LogP contribution is -2.37. The van der Waals surface area contributed by atoms with Crippen molar-refractivity contribution in [3.8, 4) is 0 Å². The molecule has 0 radical (unpaired) electrons. The summed E-state index contributed by atoms with van der Waals surface area (Å²) >= 11 is 0. The first-order chi connectivity index (χ1) is 6.06. The van der Waals surface area contributed by atoms with E-state index in [4.69, 9.17) is 0 Å². The van der Waals surface area contributed by atoms with Crippen molar-refractivity contribution < 1.29 is 0 Å². The van der Waals surface area contributed by atoms with E-state index in [2.05, 4.69) is 45.1 Å². The lowest BCUT2D eigenvalue weighted by atomic mass is 10.1. The topological polar surface area (TPSA) is 15.3 Å². The SMILES string of the molecule is CCCC(C)CNC(C)CN(C)C. The summed E-state index contributed by atoms with van der Waals surface area (Å²) in [4.78, 5) is 2.22. The molecule has 0 aliphatic rings. The smallest absolute Gasteiger partial charge is 0.0166 e. The molecule has 0 saturated carbocycles. The van der Waals surface area contributed by atoms with Gasteiger partial charge in [-0.15, -0.1) is 0 Å². The molecule has 0 heterocycles. The van der Waals surface area contributed by atoms with Gasteiger partial charge >= 0.3 is 0 Å². The van der Waals surface area contributed by atoms with Gasteiger partial charge in [0.1, 0.15) is 0 Å². The second-order valence-corrected chi connectivity index (χ2v) is 4.47. The highest BCUT2D eigenvalue weighted by Gasteiger charge is 2.05. The van der Waals surface area contributed by atoms with E-state index >= 15 is 0 Å². The van der Waals surface area contributed by atoms with E-state index in [-0.39, 0.29) is 0 Å². The first-order valence-electron chi connectivity index (χ1n) is 5.44. The molecule has 0 aromatic carbocycles. The van der Waals surface area contributed by atoms with E-state index in [9.17, 15) is 0 Å². The van der Waals surface area contributed by atoms with Crippen LogP contribution < -0.4 is 5.32 Å². The predicted molar refractivity (Wildman–Crippen MR) is 60.1 cm³/mol. The van der Waals surface area contributed by atoms with Crippen LogP contribution in [0.5, 0.6) is 0 Å². The van der Waals surface area contributed by atoms with Crippen molar-refractivity contribution in [2.45, 2.75) is 39.7 Å². The minimum absolute atomic E-state index is 0.606. The maximum atomic E-state index is 3.56. The number of nitrogens with one attached hydrogen (secondary N) is 1. The van der Waals surface area contributed by atoms with Gasteiger partial charge in [0, 0.05) is 12.6 Å². The second kappa shape index (κ2) is 7.34. The Kier molecular flexibility index (Phi) is 7.29. The Bertz CT molecular complexity index is 113. The number of hydrogen-bond acceptors (Lipinski definition) is 2. The first-order valence-corrected chi connectivity index (χ1v) is 5.44. The maximum Gasteiger partial charge on any atom is 0.0166 e. The highest BCUT2D eigenvalue weighted by atomic mass is 15.1. The minimum Gasteiger partial charge on any atom is -0.313 e. The molecule has 2 unspecified atom stereocenters. The van der Waals surface area contributed by atoms with Crippen LogP contribution in [0.2, 0.25) is 0 Å². The Balaban J connectivity index is 3.40. The Labute approximate surface area is 83.7 Å². The molecule has 1 N–H and O–H groups in total. The third-order valence-electron chi connectivity index (χ3n) is 2.24. The average molecular weight is 186 g/mol. The Morgan fingerprint density at radius 3 is 2.31 bits per heavy atom. The molecule has 0 rings (SSSR count). The van der Waals surface area contributed by atoms with E-state index in [1.165, 1.54) is 12.8 Å². The molecule has 2 nitrogen and oxygen atoms in total. The summed E-state index contributed by atoms with van der Waals surface area (Å²) in [5.41, 5.74) is 0. The van der Waals surface area contributed by atoms with Gasteiger partial charge in [-0.1, -0.05) is 20.3 Å². The molecule has 0 aromatic heterocycles. The van der Waals surface area contributed by atoms with E-state index in [1.54, 1.807) is 0 Å². The lowest BCUT2D eigenvalue weighted by molar-refractivity contribution is 0.335. The molecule has 0 aromatic rings. The molecule has 2 heteroatoms. The van der Waals surface area contributed by atoms with Crippen LogP contribution in [0.1, 0.15) is 33.6 Å². The number of rotatable bonds is 7. The van der Waals surface area contributed by atoms with Crippen molar-refractivity contribution in [1.29, 1.82) is 0 Å². The third-order valence-corrected chi connectivity index (χ3v) is 2.24. The molecule has 0 amide bonds. The van der Waals surface area contributed by atoms with Crippen LogP contribution in [0, 0.1) is 5.92 Å². The van der Waals surface area contributed by atoms with Crippen LogP contribution >= 0.6 is 0 Å². The van der Waals surface area contributed by atoms with E-state index in [0.29, 0.717) is 6.04 Å². The monoisotopic (exact) mass is 186 g/mol. The van der Waals surface area contributed by atoms with Crippen molar-refractivity contribution in [2.75, 3.05) is 27.2 Å². The van der Waals surface area contributed by atoms with Gasteiger partial charge in [0.2, 0.25) is 0 Å². The zero-order valence-corrected chi connectivity index (χ0v) is 9.93. The van der Waals surface area contributed by atoms with Crippen LogP contribution in [0.15, 0.2) is 0 Å². The summed E-state index contributed by atoms with van der Waals surface area (Å²) in [6.07, 6.45) is 2.63. The molecule has 0 saturated heterocycles. The van der Waals surface area contributed by atoms with Gasteiger partial charge in [0.15, 0.2) is 0 Å². The quantitative estimate of drug-likeness (QED) is 0.654. The largest absolute Gasteiger partial charge is 0.313 e. The average Bonchev–Trinajstić information content (AvgIpc) is 2.00. The van der Waals surface area contributed by atoms with Crippen molar-refractivity contribution in [3.05, 3.63) is 0 Å². The van der Waals surface area contributed by atoms with Crippen LogP contribution in [-0.4, -0.2) is 38.1 Å². The summed E-state index contributed by atoms with van der Waals surface area (Å²) in [7, 11) is 4.24. The van der Waals surface area contributed by atoms with Crippen molar-refractivity contribution in [3.63, 3.8) is 0 Å². The highest BCUT2D eigenvalue weighted by Crippen LogP contribution is 2.03. The van der Waals surface area contributed by atoms with Gasteiger partial charge in [-0.2, -0.15) is 0 Å². The normalized spacial score (nSPS) is 16.2. The minimum atomic E-state index is 0.606. The van der Waals surface area contributed by atoms with Crippen molar-refractivity contribution >= 4 is 0 Å². The molecule has 2 atom stereocenters. The summed E-state index contributed by atoms with van der Waals surface area (Å²) < 4.78 is 0. The Morgan fingerprint density at radius 1 is 1.23 bits per heavy atom. The van der Waals surface area contributed by atoms with Gasteiger partial charge < -0.3 is 10.2 Å². The van der Waals surface area contributed by atoms with Crippen molar-refractivity contribution in [2.24, 2.45) is 5.92 Å². The molecular weight excluding hydrogens is 160 g/mol. The zero-order valence-electron chi connectivity index (χ0n) is 9.93. The maximum absolute atomic E-state index is 3.56. The number of nitrogens with zero attached hydrogens (tertiary/aromatic N) is 1. The van der Waals surface area contributed by atoms with Crippen LogP contribution in [0.4, 0.5) is 0 Å². The summed E-state index contributed by atoms with van der Waals surface area (Å²) in [6, 6.07) is 0.606. The standard InChI is InChI=1S/C11H26N2/c1-6-7-10(2)8-12-11(3)9-13(4)5/h10-12H,6-9H2,1-5H3. The molecule has 0 spiro atoms. The third kappa shape index (κ3) is 8.26. The highest BCUT2D eigenvalue weighted by molar-refractivity contribution is 4.65. The first kappa shape index (κ1) is 12.9. The van der Waals surface area contributed by atoms with Gasteiger partial charge in [0.05, 0.1) is 0 Å². The fourth-order valence-corrected chi connectivity index (χ4v) is 1.61. The molecule has 0 fully saturated rings. The van der Waals surface area contributed by atoms with Crippen LogP contribution in [0.25, 0.3) is 0 Å².